The molecule has 1 aromatic heterocycles. The number of hydrogen-bond acceptors (Lipinski definition) is 4. The third-order valence-electron chi connectivity index (χ3n) is 4.02. The molecule has 18 heavy (non-hydrogen) atoms. The van der Waals surface area contributed by atoms with Gasteiger partial charge in [-0.25, -0.2) is 4.98 Å². The van der Waals surface area contributed by atoms with E-state index in [1.807, 2.05) is 6.20 Å². The Kier molecular flexibility index (Phi) is 2.38. The van der Waals surface area contributed by atoms with Crippen molar-refractivity contribution in [2.75, 3.05) is 11.9 Å². The first-order valence-electron chi connectivity index (χ1n) is 6.42. The monoisotopic (exact) mass is 257 g/mol. The van der Waals surface area contributed by atoms with Gasteiger partial charge in [0.1, 0.15) is 5.01 Å². The van der Waals surface area contributed by atoms with E-state index in [2.05, 4.69) is 45.3 Å². The van der Waals surface area contributed by atoms with Crippen molar-refractivity contribution in [3.05, 3.63) is 46.4 Å². The van der Waals surface area contributed by atoms with Gasteiger partial charge in [0.05, 0.1) is 6.04 Å². The van der Waals surface area contributed by atoms with Crippen LogP contribution in [0, 0.1) is 5.92 Å². The first-order chi connectivity index (χ1) is 8.93. The number of fused-ring (bicyclic) bond motifs is 3. The first-order valence-corrected chi connectivity index (χ1v) is 7.30. The van der Waals surface area contributed by atoms with E-state index in [0.29, 0.717) is 18.0 Å². The third kappa shape index (κ3) is 1.49. The SMILES string of the molecule is c1ccc2c(c1)N[C@H](c1nccs1)[C@@H]1CCN[C@H]21. The Balaban J connectivity index is 1.80. The van der Waals surface area contributed by atoms with Crippen LogP contribution in [0.3, 0.4) is 0 Å². The van der Waals surface area contributed by atoms with Gasteiger partial charge in [0, 0.05) is 29.2 Å². The molecule has 0 spiro atoms. The molecule has 0 bridgehead atoms. The fourth-order valence-corrected chi connectivity index (χ4v) is 3.99. The minimum atomic E-state index is 0.361. The van der Waals surface area contributed by atoms with Crippen molar-refractivity contribution in [2.45, 2.75) is 18.5 Å². The first kappa shape index (κ1) is 10.5. The van der Waals surface area contributed by atoms with E-state index in [1.165, 1.54) is 22.7 Å². The maximum absolute atomic E-state index is 4.50. The molecule has 0 aliphatic carbocycles. The Hall–Kier alpha value is -1.39. The van der Waals surface area contributed by atoms with Gasteiger partial charge >= 0.3 is 0 Å². The summed E-state index contributed by atoms with van der Waals surface area (Å²) in [6.45, 7) is 1.10. The van der Waals surface area contributed by atoms with E-state index >= 15 is 0 Å². The molecule has 0 unspecified atom stereocenters. The van der Waals surface area contributed by atoms with Gasteiger partial charge in [-0.3, -0.25) is 0 Å². The van der Waals surface area contributed by atoms with Gasteiger partial charge in [0.15, 0.2) is 0 Å². The number of nitrogens with zero attached hydrogens (tertiary/aromatic N) is 1. The largest absolute Gasteiger partial charge is 0.375 e. The van der Waals surface area contributed by atoms with Crippen LogP contribution in [0.15, 0.2) is 35.8 Å². The Bertz CT molecular complexity index is 552. The van der Waals surface area contributed by atoms with Crippen LogP contribution in [0.4, 0.5) is 5.69 Å². The smallest absolute Gasteiger partial charge is 0.115 e. The second-order valence-electron chi connectivity index (χ2n) is 4.96. The van der Waals surface area contributed by atoms with E-state index in [1.54, 1.807) is 11.3 Å². The minimum absolute atomic E-state index is 0.361. The molecule has 0 amide bonds. The number of rotatable bonds is 1. The topological polar surface area (TPSA) is 37.0 Å². The Morgan fingerprint density at radius 3 is 3.06 bits per heavy atom. The molecule has 0 radical (unpaired) electrons. The molecular formula is C14H15N3S. The Morgan fingerprint density at radius 2 is 2.17 bits per heavy atom. The standard InChI is InChI=1S/C14H15N3S/c1-2-4-11-9(3-1)12-10(5-6-15-12)13(17-11)14-16-7-8-18-14/h1-4,7-8,10,12-13,15,17H,5-6H2/t10-,12-,13+/m1/s1. The van der Waals surface area contributed by atoms with E-state index < -0.39 is 0 Å². The van der Waals surface area contributed by atoms with Crippen molar-refractivity contribution in [1.82, 2.24) is 10.3 Å². The fraction of sp³-hybridized carbons (Fsp3) is 0.357. The molecule has 2 aromatic rings. The van der Waals surface area contributed by atoms with Crippen molar-refractivity contribution in [2.24, 2.45) is 5.92 Å². The molecule has 3 atom stereocenters. The number of para-hydroxylation sites is 1. The molecule has 92 valence electrons. The molecule has 0 saturated carbocycles. The average Bonchev–Trinajstić information content (AvgIpc) is 3.09. The zero-order valence-corrected chi connectivity index (χ0v) is 10.8. The highest BCUT2D eigenvalue weighted by Crippen LogP contribution is 2.47. The van der Waals surface area contributed by atoms with Crippen molar-refractivity contribution in [3.63, 3.8) is 0 Å². The van der Waals surface area contributed by atoms with E-state index in [4.69, 9.17) is 0 Å². The zero-order valence-electron chi connectivity index (χ0n) is 9.97. The van der Waals surface area contributed by atoms with Gasteiger partial charge in [-0.15, -0.1) is 11.3 Å². The van der Waals surface area contributed by atoms with Crippen LogP contribution >= 0.6 is 11.3 Å². The van der Waals surface area contributed by atoms with E-state index in [9.17, 15) is 0 Å². The molecule has 4 rings (SSSR count). The van der Waals surface area contributed by atoms with Gasteiger partial charge in [0.25, 0.3) is 0 Å². The summed E-state index contributed by atoms with van der Waals surface area (Å²) in [5, 5.41) is 10.6. The van der Waals surface area contributed by atoms with Crippen LogP contribution in [0.25, 0.3) is 0 Å². The predicted molar refractivity (Wildman–Crippen MR) is 73.8 cm³/mol. The number of aromatic nitrogens is 1. The molecule has 1 fully saturated rings. The molecule has 2 N–H and O–H groups in total. The highest BCUT2D eigenvalue weighted by molar-refractivity contribution is 7.09. The van der Waals surface area contributed by atoms with Crippen LogP contribution in [0.1, 0.15) is 29.1 Å². The van der Waals surface area contributed by atoms with Crippen LogP contribution in [0.5, 0.6) is 0 Å². The molecule has 1 aromatic carbocycles. The summed E-state index contributed by atoms with van der Waals surface area (Å²) in [4.78, 5) is 4.50. The summed E-state index contributed by atoms with van der Waals surface area (Å²) < 4.78 is 0. The maximum atomic E-state index is 4.50. The average molecular weight is 257 g/mol. The Morgan fingerprint density at radius 1 is 1.22 bits per heavy atom. The van der Waals surface area contributed by atoms with E-state index in [0.717, 1.165) is 6.54 Å². The quantitative estimate of drug-likeness (QED) is 0.824. The van der Waals surface area contributed by atoms with Crippen molar-refractivity contribution in [1.29, 1.82) is 0 Å². The number of benzene rings is 1. The second-order valence-corrected chi connectivity index (χ2v) is 5.89. The highest BCUT2D eigenvalue weighted by atomic mass is 32.1. The number of anilines is 1. The van der Waals surface area contributed by atoms with Crippen molar-refractivity contribution < 1.29 is 0 Å². The predicted octanol–water partition coefficient (Wildman–Crippen LogP) is 2.96. The molecule has 2 aliphatic rings. The van der Waals surface area contributed by atoms with Crippen LogP contribution < -0.4 is 10.6 Å². The number of thiazole rings is 1. The summed E-state index contributed by atoms with van der Waals surface area (Å²) in [7, 11) is 0. The van der Waals surface area contributed by atoms with Gasteiger partial charge in [-0.05, 0) is 24.6 Å². The number of nitrogens with one attached hydrogen (secondary N) is 2. The van der Waals surface area contributed by atoms with Gasteiger partial charge in [0.2, 0.25) is 0 Å². The minimum Gasteiger partial charge on any atom is -0.375 e. The summed E-state index contributed by atoms with van der Waals surface area (Å²) in [6, 6.07) is 9.47. The van der Waals surface area contributed by atoms with Crippen LogP contribution in [-0.4, -0.2) is 11.5 Å². The number of hydrogen-bond donors (Lipinski definition) is 2. The Labute approximate surface area is 110 Å². The van der Waals surface area contributed by atoms with Crippen molar-refractivity contribution in [3.8, 4) is 0 Å². The molecule has 1 saturated heterocycles. The fourth-order valence-electron chi connectivity index (χ4n) is 3.23. The summed E-state index contributed by atoms with van der Waals surface area (Å²) in [5.41, 5.74) is 2.67. The van der Waals surface area contributed by atoms with Crippen LogP contribution in [-0.2, 0) is 0 Å². The maximum Gasteiger partial charge on any atom is 0.115 e. The molecule has 3 heterocycles. The van der Waals surface area contributed by atoms with Crippen LogP contribution in [0.2, 0.25) is 0 Å². The summed E-state index contributed by atoms with van der Waals surface area (Å²) in [6.07, 6.45) is 3.12. The lowest BCUT2D eigenvalue weighted by Crippen LogP contribution is -2.32. The van der Waals surface area contributed by atoms with Gasteiger partial charge in [-0.2, -0.15) is 0 Å². The van der Waals surface area contributed by atoms with E-state index in [-0.39, 0.29) is 0 Å². The third-order valence-corrected chi connectivity index (χ3v) is 4.88. The lowest BCUT2D eigenvalue weighted by Gasteiger charge is -2.35. The van der Waals surface area contributed by atoms with Gasteiger partial charge < -0.3 is 10.6 Å². The second kappa shape index (κ2) is 4.07. The molecular weight excluding hydrogens is 242 g/mol. The molecule has 3 nitrogen and oxygen atoms in total. The lowest BCUT2D eigenvalue weighted by molar-refractivity contribution is 0.390. The lowest BCUT2D eigenvalue weighted by atomic mass is 9.83. The zero-order chi connectivity index (χ0) is 11.9. The summed E-state index contributed by atoms with van der Waals surface area (Å²) >= 11 is 1.75. The van der Waals surface area contributed by atoms with Crippen molar-refractivity contribution >= 4 is 17.0 Å². The molecule has 4 heteroatoms. The molecule has 2 aliphatic heterocycles. The van der Waals surface area contributed by atoms with Gasteiger partial charge in [-0.1, -0.05) is 18.2 Å². The highest BCUT2D eigenvalue weighted by Gasteiger charge is 2.40. The normalized spacial score (nSPS) is 29.4. The summed E-state index contributed by atoms with van der Waals surface area (Å²) in [5.74, 6) is 0.617.